The molecule has 0 spiro atoms. The number of aliphatic carboxylic acids is 1. The van der Waals surface area contributed by atoms with Crippen molar-refractivity contribution in [2.24, 2.45) is 11.8 Å². The molecule has 4 unspecified atom stereocenters. The average molecular weight is 352 g/mol. The maximum atomic E-state index is 11.8. The molecule has 1 N–H and O–H groups in total. The van der Waals surface area contributed by atoms with E-state index in [1.165, 1.54) is 18.4 Å². The number of likely N-dealkylation sites (tertiary alicyclic amines) is 1. The van der Waals surface area contributed by atoms with E-state index >= 15 is 0 Å². The first kappa shape index (κ1) is 15.0. The van der Waals surface area contributed by atoms with Crippen molar-refractivity contribution in [3.05, 3.63) is 34.3 Å². The number of rotatable bonds is 4. The fourth-order valence-electron chi connectivity index (χ4n) is 4.36. The van der Waals surface area contributed by atoms with Crippen molar-refractivity contribution in [2.45, 2.75) is 44.7 Å². The summed E-state index contributed by atoms with van der Waals surface area (Å²) in [5.41, 5.74) is 1.22. The summed E-state index contributed by atoms with van der Waals surface area (Å²) in [6.07, 6.45) is 4.41. The molecule has 4 atom stereocenters. The summed E-state index contributed by atoms with van der Waals surface area (Å²) in [6.45, 7) is 3.09. The number of nitrogens with zero attached hydrogens (tertiary/aromatic N) is 1. The Morgan fingerprint density at radius 3 is 2.95 bits per heavy atom. The molecule has 3 nitrogen and oxygen atoms in total. The number of halogens is 1. The Morgan fingerprint density at radius 1 is 1.48 bits per heavy atom. The molecule has 0 radical (unpaired) electrons. The molecular formula is C17H22BrNO2. The Labute approximate surface area is 134 Å². The summed E-state index contributed by atoms with van der Waals surface area (Å²) in [7, 11) is 0. The molecular weight excluding hydrogens is 330 g/mol. The zero-order valence-corrected chi connectivity index (χ0v) is 13.9. The van der Waals surface area contributed by atoms with Crippen LogP contribution in [0.1, 0.15) is 44.2 Å². The maximum Gasteiger partial charge on any atom is 0.321 e. The summed E-state index contributed by atoms with van der Waals surface area (Å²) in [6, 6.07) is 8.20. The molecule has 1 heterocycles. The number of fused-ring (bicyclic) bond motifs is 1. The quantitative estimate of drug-likeness (QED) is 0.888. The van der Waals surface area contributed by atoms with Gasteiger partial charge in [0.25, 0.3) is 0 Å². The van der Waals surface area contributed by atoms with E-state index in [1.807, 2.05) is 12.1 Å². The van der Waals surface area contributed by atoms with Gasteiger partial charge in [-0.1, -0.05) is 41.4 Å². The van der Waals surface area contributed by atoms with E-state index in [2.05, 4.69) is 39.9 Å². The molecule has 0 bridgehead atoms. The highest BCUT2D eigenvalue weighted by atomic mass is 79.9. The van der Waals surface area contributed by atoms with Gasteiger partial charge in [0.1, 0.15) is 6.04 Å². The number of hydrogen-bond donors (Lipinski definition) is 1. The second kappa shape index (κ2) is 6.09. The number of carbonyl (C=O) groups is 1. The van der Waals surface area contributed by atoms with Crippen molar-refractivity contribution in [2.75, 3.05) is 6.54 Å². The van der Waals surface area contributed by atoms with Crippen LogP contribution in [0, 0.1) is 11.8 Å². The summed E-state index contributed by atoms with van der Waals surface area (Å²) < 4.78 is 1.06. The molecule has 21 heavy (non-hydrogen) atoms. The maximum absolute atomic E-state index is 11.8. The first-order valence-electron chi connectivity index (χ1n) is 7.85. The van der Waals surface area contributed by atoms with Gasteiger partial charge in [-0.25, -0.2) is 0 Å². The number of carboxylic acids is 1. The van der Waals surface area contributed by atoms with Gasteiger partial charge in [-0.2, -0.15) is 0 Å². The molecule has 2 aliphatic rings. The van der Waals surface area contributed by atoms with Gasteiger partial charge < -0.3 is 5.11 Å². The minimum atomic E-state index is -0.641. The average Bonchev–Trinajstić information content (AvgIpc) is 2.99. The van der Waals surface area contributed by atoms with E-state index in [4.69, 9.17) is 0 Å². The molecule has 1 aromatic rings. The Kier molecular flexibility index (Phi) is 4.36. The van der Waals surface area contributed by atoms with Gasteiger partial charge in [0.05, 0.1) is 0 Å². The molecule has 1 aliphatic heterocycles. The summed E-state index contributed by atoms with van der Waals surface area (Å²) in [4.78, 5) is 14.1. The molecule has 114 valence electrons. The molecule has 2 fully saturated rings. The van der Waals surface area contributed by atoms with E-state index in [1.54, 1.807) is 0 Å². The van der Waals surface area contributed by atoms with Gasteiger partial charge in [-0.15, -0.1) is 0 Å². The summed E-state index contributed by atoms with van der Waals surface area (Å²) in [5, 5.41) is 9.73. The Balaban J connectivity index is 1.91. The minimum absolute atomic E-state index is 0.203. The SMILES string of the molecule is CCC(c1cccc(Br)c1)N1CC2CCCC2C1C(=O)O. The summed E-state index contributed by atoms with van der Waals surface area (Å²) in [5.74, 6) is 0.286. The van der Waals surface area contributed by atoms with Gasteiger partial charge in [0.15, 0.2) is 0 Å². The van der Waals surface area contributed by atoms with Crippen molar-refractivity contribution in [3.8, 4) is 0 Å². The van der Waals surface area contributed by atoms with Crippen LogP contribution in [0.5, 0.6) is 0 Å². The monoisotopic (exact) mass is 351 g/mol. The third-order valence-corrected chi connectivity index (χ3v) is 5.69. The highest BCUT2D eigenvalue weighted by molar-refractivity contribution is 9.10. The van der Waals surface area contributed by atoms with E-state index in [0.717, 1.165) is 23.9 Å². The second-order valence-electron chi connectivity index (χ2n) is 6.31. The van der Waals surface area contributed by atoms with Crippen LogP contribution in [-0.4, -0.2) is 28.6 Å². The van der Waals surface area contributed by atoms with Crippen LogP contribution >= 0.6 is 15.9 Å². The number of benzene rings is 1. The Bertz CT molecular complexity index is 533. The van der Waals surface area contributed by atoms with Crippen LogP contribution in [0.3, 0.4) is 0 Å². The topological polar surface area (TPSA) is 40.5 Å². The third kappa shape index (κ3) is 2.76. The molecule has 1 saturated heterocycles. The van der Waals surface area contributed by atoms with Gasteiger partial charge in [0, 0.05) is 17.1 Å². The lowest BCUT2D eigenvalue weighted by atomic mass is 9.93. The molecule has 1 aromatic carbocycles. The fourth-order valence-corrected chi connectivity index (χ4v) is 4.78. The van der Waals surface area contributed by atoms with Gasteiger partial charge >= 0.3 is 5.97 Å². The van der Waals surface area contributed by atoms with Crippen molar-refractivity contribution in [1.29, 1.82) is 0 Å². The van der Waals surface area contributed by atoms with E-state index in [0.29, 0.717) is 11.8 Å². The lowest BCUT2D eigenvalue weighted by Gasteiger charge is -2.32. The highest BCUT2D eigenvalue weighted by Gasteiger charge is 2.49. The van der Waals surface area contributed by atoms with Crippen LogP contribution in [-0.2, 0) is 4.79 Å². The number of carboxylic acid groups (broad SMARTS) is 1. The van der Waals surface area contributed by atoms with E-state index < -0.39 is 5.97 Å². The first-order valence-corrected chi connectivity index (χ1v) is 8.65. The first-order chi connectivity index (χ1) is 10.1. The van der Waals surface area contributed by atoms with Crippen LogP contribution in [0.15, 0.2) is 28.7 Å². The highest BCUT2D eigenvalue weighted by Crippen LogP contribution is 2.46. The van der Waals surface area contributed by atoms with Crippen LogP contribution < -0.4 is 0 Å². The predicted molar refractivity (Wildman–Crippen MR) is 86.1 cm³/mol. The molecule has 3 rings (SSSR count). The van der Waals surface area contributed by atoms with Gasteiger partial charge in [-0.3, -0.25) is 9.69 Å². The number of hydrogen-bond acceptors (Lipinski definition) is 2. The van der Waals surface area contributed by atoms with Crippen molar-refractivity contribution in [1.82, 2.24) is 4.90 Å². The zero-order chi connectivity index (χ0) is 15.0. The van der Waals surface area contributed by atoms with Gasteiger partial charge in [0.2, 0.25) is 0 Å². The smallest absolute Gasteiger partial charge is 0.321 e. The van der Waals surface area contributed by atoms with Crippen LogP contribution in [0.4, 0.5) is 0 Å². The third-order valence-electron chi connectivity index (χ3n) is 5.20. The lowest BCUT2D eigenvalue weighted by Crippen LogP contribution is -2.41. The summed E-state index contributed by atoms with van der Waals surface area (Å²) >= 11 is 3.53. The minimum Gasteiger partial charge on any atom is -0.480 e. The fraction of sp³-hybridized carbons (Fsp3) is 0.588. The lowest BCUT2D eigenvalue weighted by molar-refractivity contribution is -0.144. The molecule has 0 amide bonds. The normalized spacial score (nSPS) is 30.3. The van der Waals surface area contributed by atoms with Crippen LogP contribution in [0.25, 0.3) is 0 Å². The van der Waals surface area contributed by atoms with Crippen molar-refractivity contribution < 1.29 is 9.90 Å². The predicted octanol–water partition coefficient (Wildman–Crippen LogP) is 4.09. The standard InChI is InChI=1S/C17H22BrNO2/c1-2-15(11-5-3-7-13(18)9-11)19-10-12-6-4-8-14(12)16(19)17(20)21/h3,5,7,9,12,14-16H,2,4,6,8,10H2,1H3,(H,20,21). The Morgan fingerprint density at radius 2 is 2.29 bits per heavy atom. The van der Waals surface area contributed by atoms with E-state index in [-0.39, 0.29) is 12.1 Å². The van der Waals surface area contributed by atoms with Crippen molar-refractivity contribution >= 4 is 21.9 Å². The zero-order valence-electron chi connectivity index (χ0n) is 12.3. The molecule has 1 saturated carbocycles. The second-order valence-corrected chi connectivity index (χ2v) is 7.23. The molecule has 0 aromatic heterocycles. The molecule has 4 heteroatoms. The largest absolute Gasteiger partial charge is 0.480 e. The Hall–Kier alpha value is -0.870. The van der Waals surface area contributed by atoms with Crippen molar-refractivity contribution in [3.63, 3.8) is 0 Å². The molecule has 1 aliphatic carbocycles. The van der Waals surface area contributed by atoms with E-state index in [9.17, 15) is 9.90 Å². The van der Waals surface area contributed by atoms with Gasteiger partial charge in [-0.05, 0) is 48.8 Å². The van der Waals surface area contributed by atoms with Crippen LogP contribution in [0.2, 0.25) is 0 Å².